The zero-order chi connectivity index (χ0) is 34.2. The number of rotatable bonds is 16. The molecule has 0 spiro atoms. The summed E-state index contributed by atoms with van der Waals surface area (Å²) < 4.78 is 49.2. The van der Waals surface area contributed by atoms with E-state index in [-0.39, 0.29) is 29.8 Å². The highest BCUT2D eigenvalue weighted by Gasteiger charge is 2.52. The van der Waals surface area contributed by atoms with E-state index in [0.29, 0.717) is 5.52 Å². The highest BCUT2D eigenvalue weighted by atomic mass is 31.2. The topological polar surface area (TPSA) is 216 Å². The van der Waals surface area contributed by atoms with E-state index in [9.17, 15) is 24.2 Å². The summed E-state index contributed by atoms with van der Waals surface area (Å²) in [6, 6.07) is 11.8. The maximum atomic E-state index is 14.3. The Kier molecular flexibility index (Phi) is 11.5. The number of carbonyl (C=O) groups excluding carboxylic acids is 3. The molecule has 1 fully saturated rings. The summed E-state index contributed by atoms with van der Waals surface area (Å²) in [5.74, 6) is -1.87. The van der Waals surface area contributed by atoms with Gasteiger partial charge in [-0.25, -0.2) is 14.1 Å². The first kappa shape index (κ1) is 35.3. The minimum Gasteiger partial charge on any atom is -0.464 e. The maximum absolute atomic E-state index is 14.3. The van der Waals surface area contributed by atoms with Gasteiger partial charge in [0.2, 0.25) is 5.60 Å². The van der Waals surface area contributed by atoms with Crippen LogP contribution in [-0.4, -0.2) is 70.6 Å². The van der Waals surface area contributed by atoms with Crippen molar-refractivity contribution in [3.63, 3.8) is 0 Å². The number of para-hydroxylation sites is 1. The van der Waals surface area contributed by atoms with Crippen LogP contribution in [0.4, 0.5) is 5.82 Å². The van der Waals surface area contributed by atoms with E-state index in [0.717, 1.165) is 46.5 Å². The third-order valence-electron chi connectivity index (χ3n) is 7.49. The Morgan fingerprint density at radius 2 is 1.85 bits per heavy atom. The highest BCUT2D eigenvalue weighted by Crippen LogP contribution is 2.47. The van der Waals surface area contributed by atoms with Gasteiger partial charge in [0.05, 0.1) is 12.3 Å². The monoisotopic (exact) mass is 672 g/mol. The fourth-order valence-electron chi connectivity index (χ4n) is 4.79. The second kappa shape index (κ2) is 15.4. The molecular formula is C30H37N6O10P. The predicted octanol–water partition coefficient (Wildman–Crippen LogP) is 3.28. The molecule has 16 nitrogen and oxygen atoms in total. The van der Waals surface area contributed by atoms with E-state index in [1.54, 1.807) is 24.3 Å². The number of fused-ring (bicyclic) bond motifs is 1. The SMILES string of the molecule is COC(C#N)(COP(=O)(N[C@@H](C)C(=O)OCC1CCC1)Oc1ccccc1)[C@@H](OC(C)=O)[C@@H](OC(C)=O)c1ccc2c(N)ncnn12. The number of anilines is 1. The molecule has 0 radical (unpaired) electrons. The van der Waals surface area contributed by atoms with Gasteiger partial charge < -0.3 is 29.2 Å². The molecule has 17 heteroatoms. The first-order valence-electron chi connectivity index (χ1n) is 14.7. The Morgan fingerprint density at radius 1 is 1.15 bits per heavy atom. The van der Waals surface area contributed by atoms with Gasteiger partial charge in [-0.05, 0) is 49.9 Å². The van der Waals surface area contributed by atoms with Gasteiger partial charge in [0.1, 0.15) is 36.3 Å². The normalized spacial score (nSPS) is 17.5. The number of ether oxygens (including phenoxy) is 4. The summed E-state index contributed by atoms with van der Waals surface area (Å²) in [4.78, 5) is 41.5. The number of nitriles is 1. The quantitative estimate of drug-likeness (QED) is 0.127. The molecule has 1 aliphatic rings. The zero-order valence-corrected chi connectivity index (χ0v) is 27.3. The van der Waals surface area contributed by atoms with Gasteiger partial charge >= 0.3 is 25.7 Å². The Morgan fingerprint density at radius 3 is 2.45 bits per heavy atom. The standard InChI is InChI=1S/C30H37N6O10P/c1-19(29(39)42-15-22-9-8-10-22)35-47(40,46-23-11-6-5-7-12-23)43-17-30(16-31,41-4)27(45-21(3)38)26(44-20(2)37)24-13-14-25-28(32)33-18-34-36(24)25/h5-7,11-14,18-19,22,26-27H,8-10,15,17H2,1-4H3,(H,35,40)(H2,32,33,34)/t19-,26-,27-,30?,47?/m0/s1. The van der Waals surface area contributed by atoms with E-state index in [2.05, 4.69) is 15.2 Å². The van der Waals surface area contributed by atoms with E-state index in [4.69, 9.17) is 33.7 Å². The number of hydrogen-bond donors (Lipinski definition) is 2. The second-order valence-electron chi connectivity index (χ2n) is 10.9. The predicted molar refractivity (Wildman–Crippen MR) is 164 cm³/mol. The molecule has 1 saturated carbocycles. The van der Waals surface area contributed by atoms with Crippen LogP contribution in [0.15, 0.2) is 48.8 Å². The lowest BCUT2D eigenvalue weighted by Crippen LogP contribution is -2.53. The van der Waals surface area contributed by atoms with Crippen molar-refractivity contribution in [3.8, 4) is 11.8 Å². The van der Waals surface area contributed by atoms with Crippen molar-refractivity contribution < 1.29 is 46.9 Å². The minimum atomic E-state index is -4.52. The van der Waals surface area contributed by atoms with Crippen molar-refractivity contribution in [1.82, 2.24) is 19.7 Å². The number of nitrogen functional groups attached to an aromatic ring is 1. The lowest BCUT2D eigenvalue weighted by molar-refractivity contribution is -0.191. The fourth-order valence-corrected chi connectivity index (χ4v) is 6.31. The van der Waals surface area contributed by atoms with Gasteiger partial charge in [0.15, 0.2) is 18.0 Å². The number of nitrogens with one attached hydrogen (secondary N) is 1. The van der Waals surface area contributed by atoms with Crippen LogP contribution in [0.1, 0.15) is 51.8 Å². The summed E-state index contributed by atoms with van der Waals surface area (Å²) >= 11 is 0. The van der Waals surface area contributed by atoms with Crippen molar-refractivity contribution in [2.24, 2.45) is 5.92 Å². The van der Waals surface area contributed by atoms with Crippen LogP contribution in [0.2, 0.25) is 0 Å². The number of benzene rings is 1. The van der Waals surface area contributed by atoms with Crippen molar-refractivity contribution in [2.45, 2.75) is 63.9 Å². The van der Waals surface area contributed by atoms with E-state index in [1.807, 2.05) is 6.07 Å². The largest absolute Gasteiger partial charge is 0.464 e. The van der Waals surface area contributed by atoms with Gasteiger partial charge in [-0.15, -0.1) is 0 Å². The van der Waals surface area contributed by atoms with Gasteiger partial charge in [-0.1, -0.05) is 24.6 Å². The lowest BCUT2D eigenvalue weighted by atomic mass is 9.86. The van der Waals surface area contributed by atoms with E-state index < -0.39 is 56.1 Å². The smallest absolute Gasteiger partial charge is 0.459 e. The summed E-state index contributed by atoms with van der Waals surface area (Å²) in [6.45, 7) is 2.96. The van der Waals surface area contributed by atoms with Crippen LogP contribution in [0.3, 0.4) is 0 Å². The molecule has 47 heavy (non-hydrogen) atoms. The number of methoxy groups -OCH3 is 1. The molecule has 0 saturated heterocycles. The van der Waals surface area contributed by atoms with Crippen molar-refractivity contribution in [3.05, 3.63) is 54.5 Å². The Bertz CT molecular complexity index is 1660. The van der Waals surface area contributed by atoms with E-state index in [1.165, 1.54) is 29.6 Å². The van der Waals surface area contributed by atoms with Crippen LogP contribution in [0, 0.1) is 17.2 Å². The first-order chi connectivity index (χ1) is 22.4. The van der Waals surface area contributed by atoms with E-state index >= 15 is 0 Å². The third kappa shape index (κ3) is 8.63. The Labute approximate surface area is 271 Å². The summed E-state index contributed by atoms with van der Waals surface area (Å²) in [5.41, 5.74) is 4.16. The number of nitrogens with zero attached hydrogens (tertiary/aromatic N) is 4. The number of carbonyl (C=O) groups is 3. The molecule has 3 aromatic rings. The second-order valence-corrected chi connectivity index (χ2v) is 12.6. The zero-order valence-electron chi connectivity index (χ0n) is 26.4. The average Bonchev–Trinajstić information content (AvgIpc) is 3.44. The Balaban J connectivity index is 1.69. The van der Waals surface area contributed by atoms with Crippen LogP contribution in [0.25, 0.3) is 5.52 Å². The number of nitrogens with two attached hydrogens (primary N) is 1. The molecule has 252 valence electrons. The fraction of sp³-hybridized carbons (Fsp3) is 0.467. The first-order valence-corrected chi connectivity index (χ1v) is 16.3. The molecule has 2 aromatic heterocycles. The van der Waals surface area contributed by atoms with Crippen molar-refractivity contribution in [2.75, 3.05) is 26.1 Å². The summed E-state index contributed by atoms with van der Waals surface area (Å²) in [6.07, 6.45) is 0.883. The lowest BCUT2D eigenvalue weighted by Gasteiger charge is -2.37. The van der Waals surface area contributed by atoms with Crippen LogP contribution in [0.5, 0.6) is 5.75 Å². The molecule has 1 aromatic carbocycles. The van der Waals surface area contributed by atoms with Crippen molar-refractivity contribution in [1.29, 1.82) is 5.26 Å². The van der Waals surface area contributed by atoms with Gasteiger partial charge in [-0.2, -0.15) is 15.4 Å². The van der Waals surface area contributed by atoms with Gasteiger partial charge in [-0.3, -0.25) is 18.9 Å². The molecule has 0 bridgehead atoms. The Hall–Kier alpha value is -4.55. The van der Waals surface area contributed by atoms with Crippen LogP contribution >= 0.6 is 7.75 Å². The number of hydrogen-bond acceptors (Lipinski definition) is 14. The van der Waals surface area contributed by atoms with Gasteiger partial charge in [0.25, 0.3) is 0 Å². The molecule has 3 N–H and O–H groups in total. The molecule has 0 aliphatic heterocycles. The molecule has 5 atom stereocenters. The third-order valence-corrected chi connectivity index (χ3v) is 9.11. The van der Waals surface area contributed by atoms with Gasteiger partial charge in [0, 0.05) is 21.0 Å². The highest BCUT2D eigenvalue weighted by molar-refractivity contribution is 7.52. The molecule has 4 rings (SSSR count). The van der Waals surface area contributed by atoms with Crippen LogP contribution in [-0.2, 0) is 42.4 Å². The number of esters is 3. The minimum absolute atomic E-state index is 0.101. The molecule has 2 unspecified atom stereocenters. The average molecular weight is 673 g/mol. The van der Waals surface area contributed by atoms with Crippen molar-refractivity contribution >= 4 is 37.0 Å². The summed E-state index contributed by atoms with van der Waals surface area (Å²) in [5, 5.41) is 17.3. The molecule has 0 amide bonds. The maximum Gasteiger partial charge on any atom is 0.459 e. The molecular weight excluding hydrogens is 635 g/mol. The molecule has 2 heterocycles. The number of aromatic nitrogens is 3. The summed E-state index contributed by atoms with van der Waals surface area (Å²) in [7, 11) is -3.40. The molecule has 1 aliphatic carbocycles. The van der Waals surface area contributed by atoms with Crippen LogP contribution < -0.4 is 15.3 Å².